The Morgan fingerprint density at radius 2 is 1.91 bits per heavy atom. The molecule has 22 heavy (non-hydrogen) atoms. The topological polar surface area (TPSA) is 95.9 Å². The Morgan fingerprint density at radius 3 is 2.50 bits per heavy atom. The van der Waals surface area contributed by atoms with E-state index in [1.807, 2.05) is 0 Å². The normalized spacial score (nSPS) is 10.1. The first-order valence-electron chi connectivity index (χ1n) is 6.13. The van der Waals surface area contributed by atoms with Gasteiger partial charge in [0, 0.05) is 11.3 Å². The molecular weight excluding hydrogens is 354 g/mol. The van der Waals surface area contributed by atoms with Crippen molar-refractivity contribution in [3.63, 3.8) is 0 Å². The largest absolute Gasteiger partial charge is 0.507 e. The van der Waals surface area contributed by atoms with Crippen LogP contribution >= 0.6 is 15.9 Å². The quantitative estimate of drug-likeness (QED) is 0.723. The maximum absolute atomic E-state index is 12.1. The summed E-state index contributed by atoms with van der Waals surface area (Å²) < 4.78 is 5.71. The number of methoxy groups -OCH3 is 1. The van der Waals surface area contributed by atoms with E-state index in [1.165, 1.54) is 25.3 Å². The lowest BCUT2D eigenvalue weighted by atomic mass is 10.1. The summed E-state index contributed by atoms with van der Waals surface area (Å²) in [5.41, 5.74) is 0.360. The standard InChI is InChI=1S/C15H12BrNO5/c1-22-13-5-2-8(6-11(13)16)14(19)17-9-3-4-12(18)10(7-9)15(20)21/h2-7,18H,1H3,(H,17,19)(H,20,21). The predicted molar refractivity (Wildman–Crippen MR) is 83.7 cm³/mol. The summed E-state index contributed by atoms with van der Waals surface area (Å²) in [7, 11) is 1.52. The average Bonchev–Trinajstić information content (AvgIpc) is 2.48. The smallest absolute Gasteiger partial charge is 0.339 e. The van der Waals surface area contributed by atoms with Crippen molar-refractivity contribution < 1.29 is 24.5 Å². The molecule has 3 N–H and O–H groups in total. The van der Waals surface area contributed by atoms with Crippen molar-refractivity contribution in [1.82, 2.24) is 0 Å². The number of hydrogen-bond acceptors (Lipinski definition) is 4. The second kappa shape index (κ2) is 6.48. The third kappa shape index (κ3) is 3.37. The molecule has 0 saturated carbocycles. The molecule has 0 aliphatic heterocycles. The number of halogens is 1. The van der Waals surface area contributed by atoms with Gasteiger partial charge in [0.05, 0.1) is 11.6 Å². The highest BCUT2D eigenvalue weighted by Crippen LogP contribution is 2.26. The average molecular weight is 366 g/mol. The van der Waals surface area contributed by atoms with Crippen LogP contribution in [0.25, 0.3) is 0 Å². The van der Waals surface area contributed by atoms with Crippen molar-refractivity contribution in [2.45, 2.75) is 0 Å². The first kappa shape index (κ1) is 15.8. The van der Waals surface area contributed by atoms with Gasteiger partial charge in [-0.3, -0.25) is 4.79 Å². The number of aromatic carboxylic acids is 1. The van der Waals surface area contributed by atoms with E-state index in [2.05, 4.69) is 21.2 Å². The molecular formula is C15H12BrNO5. The van der Waals surface area contributed by atoms with Gasteiger partial charge in [0.2, 0.25) is 0 Å². The first-order valence-corrected chi connectivity index (χ1v) is 6.93. The van der Waals surface area contributed by atoms with Crippen LogP contribution in [-0.2, 0) is 0 Å². The highest BCUT2D eigenvalue weighted by atomic mass is 79.9. The first-order chi connectivity index (χ1) is 10.4. The number of ether oxygens (including phenoxy) is 1. The van der Waals surface area contributed by atoms with Gasteiger partial charge in [-0.2, -0.15) is 0 Å². The SMILES string of the molecule is COc1ccc(C(=O)Nc2ccc(O)c(C(=O)O)c2)cc1Br. The number of carboxylic acid groups (broad SMARTS) is 1. The molecule has 2 aromatic carbocycles. The summed E-state index contributed by atoms with van der Waals surface area (Å²) in [6.07, 6.45) is 0. The molecule has 0 radical (unpaired) electrons. The molecule has 0 saturated heterocycles. The number of anilines is 1. The fraction of sp³-hybridized carbons (Fsp3) is 0.0667. The maximum Gasteiger partial charge on any atom is 0.339 e. The molecule has 0 fully saturated rings. The molecule has 0 bridgehead atoms. The number of carbonyl (C=O) groups excluding carboxylic acids is 1. The van der Waals surface area contributed by atoms with Crippen molar-refractivity contribution in [3.05, 3.63) is 52.0 Å². The van der Waals surface area contributed by atoms with Gasteiger partial charge in [0.25, 0.3) is 5.91 Å². The lowest BCUT2D eigenvalue weighted by molar-refractivity contribution is 0.0693. The number of hydrogen-bond donors (Lipinski definition) is 3. The van der Waals surface area contributed by atoms with E-state index >= 15 is 0 Å². The number of phenols is 1. The Morgan fingerprint density at radius 1 is 1.18 bits per heavy atom. The van der Waals surface area contributed by atoms with Crippen molar-refractivity contribution in [2.24, 2.45) is 0 Å². The van der Waals surface area contributed by atoms with Gasteiger partial charge in [-0.25, -0.2) is 4.79 Å². The Kier molecular flexibility index (Phi) is 4.67. The van der Waals surface area contributed by atoms with Crippen LogP contribution in [0.15, 0.2) is 40.9 Å². The maximum atomic E-state index is 12.1. The molecule has 2 rings (SSSR count). The molecule has 0 atom stereocenters. The summed E-state index contributed by atoms with van der Waals surface area (Å²) in [5, 5.41) is 20.9. The van der Waals surface area contributed by atoms with Gasteiger partial charge in [0.15, 0.2) is 0 Å². The molecule has 0 spiro atoms. The Hall–Kier alpha value is -2.54. The number of carboxylic acids is 1. The molecule has 6 nitrogen and oxygen atoms in total. The Labute approximate surface area is 134 Å². The minimum Gasteiger partial charge on any atom is -0.507 e. The van der Waals surface area contributed by atoms with E-state index in [-0.39, 0.29) is 17.0 Å². The third-order valence-electron chi connectivity index (χ3n) is 2.90. The van der Waals surface area contributed by atoms with Gasteiger partial charge in [-0.05, 0) is 52.3 Å². The van der Waals surface area contributed by atoms with Crippen LogP contribution in [0.1, 0.15) is 20.7 Å². The van der Waals surface area contributed by atoms with Crippen LogP contribution < -0.4 is 10.1 Å². The molecule has 114 valence electrons. The van der Waals surface area contributed by atoms with Gasteiger partial charge in [-0.1, -0.05) is 0 Å². The summed E-state index contributed by atoms with van der Waals surface area (Å²) in [6.45, 7) is 0. The van der Waals surface area contributed by atoms with Crippen molar-refractivity contribution >= 4 is 33.5 Å². The van der Waals surface area contributed by atoms with E-state index in [4.69, 9.17) is 9.84 Å². The third-order valence-corrected chi connectivity index (χ3v) is 3.52. The van der Waals surface area contributed by atoms with E-state index in [1.54, 1.807) is 18.2 Å². The van der Waals surface area contributed by atoms with Crippen LogP contribution in [0.4, 0.5) is 5.69 Å². The molecule has 0 heterocycles. The molecule has 0 aliphatic rings. The number of aromatic hydroxyl groups is 1. The monoisotopic (exact) mass is 365 g/mol. The zero-order valence-corrected chi connectivity index (χ0v) is 13.0. The van der Waals surface area contributed by atoms with Gasteiger partial charge in [0.1, 0.15) is 17.1 Å². The van der Waals surface area contributed by atoms with E-state index in [0.29, 0.717) is 15.8 Å². The fourth-order valence-corrected chi connectivity index (χ4v) is 2.34. The zero-order chi connectivity index (χ0) is 16.3. The molecule has 0 aliphatic carbocycles. The molecule has 1 amide bonds. The van der Waals surface area contributed by atoms with Gasteiger partial charge in [-0.15, -0.1) is 0 Å². The van der Waals surface area contributed by atoms with Crippen molar-refractivity contribution in [1.29, 1.82) is 0 Å². The summed E-state index contributed by atoms with van der Waals surface area (Å²) in [5.74, 6) is -1.46. The second-order valence-electron chi connectivity index (χ2n) is 4.34. The minimum absolute atomic E-state index is 0.271. The Bertz CT molecular complexity index is 745. The highest BCUT2D eigenvalue weighted by molar-refractivity contribution is 9.10. The summed E-state index contributed by atoms with van der Waals surface area (Å²) >= 11 is 3.29. The molecule has 0 unspecified atom stereocenters. The van der Waals surface area contributed by atoms with Crippen molar-refractivity contribution in [2.75, 3.05) is 12.4 Å². The number of rotatable bonds is 4. The van der Waals surface area contributed by atoms with Crippen LogP contribution in [-0.4, -0.2) is 29.2 Å². The number of benzene rings is 2. The van der Waals surface area contributed by atoms with E-state index in [9.17, 15) is 14.7 Å². The van der Waals surface area contributed by atoms with Crippen LogP contribution in [0.2, 0.25) is 0 Å². The number of nitrogens with one attached hydrogen (secondary N) is 1. The molecule has 7 heteroatoms. The van der Waals surface area contributed by atoms with Crippen molar-refractivity contribution in [3.8, 4) is 11.5 Å². The minimum atomic E-state index is -1.28. The molecule has 2 aromatic rings. The predicted octanol–water partition coefficient (Wildman–Crippen LogP) is 3.11. The van der Waals surface area contributed by atoms with E-state index in [0.717, 1.165) is 0 Å². The van der Waals surface area contributed by atoms with Crippen LogP contribution in [0.5, 0.6) is 11.5 Å². The number of amides is 1. The lowest BCUT2D eigenvalue weighted by Gasteiger charge is -2.09. The van der Waals surface area contributed by atoms with E-state index < -0.39 is 11.9 Å². The Balaban J connectivity index is 2.24. The number of carbonyl (C=O) groups is 2. The second-order valence-corrected chi connectivity index (χ2v) is 5.19. The van der Waals surface area contributed by atoms with Crippen LogP contribution in [0.3, 0.4) is 0 Å². The highest BCUT2D eigenvalue weighted by Gasteiger charge is 2.13. The fourth-order valence-electron chi connectivity index (χ4n) is 1.80. The summed E-state index contributed by atoms with van der Waals surface area (Å²) in [6, 6.07) is 8.62. The lowest BCUT2D eigenvalue weighted by Crippen LogP contribution is -2.12. The summed E-state index contributed by atoms with van der Waals surface area (Å²) in [4.78, 5) is 23.1. The van der Waals surface area contributed by atoms with Gasteiger partial charge >= 0.3 is 5.97 Å². The van der Waals surface area contributed by atoms with Crippen LogP contribution in [0, 0.1) is 0 Å². The molecule has 0 aromatic heterocycles. The van der Waals surface area contributed by atoms with Gasteiger partial charge < -0.3 is 20.3 Å². The zero-order valence-electron chi connectivity index (χ0n) is 11.5.